The Hall–Kier alpha value is -1.65. The third-order valence-electron chi connectivity index (χ3n) is 1.12. The minimum absolute atomic E-state index is 0.0556. The number of rotatable bonds is 2. The summed E-state index contributed by atoms with van der Waals surface area (Å²) < 4.78 is 4.84. The third-order valence-corrected chi connectivity index (χ3v) is 1.12. The van der Waals surface area contributed by atoms with Crippen LogP contribution in [0.2, 0.25) is 0 Å². The Labute approximate surface area is 75.5 Å². The van der Waals surface area contributed by atoms with E-state index in [1.807, 2.05) is 6.92 Å². The topological polar surface area (TPSA) is 73.3 Å². The highest BCUT2D eigenvalue weighted by Gasteiger charge is 2.02. The zero-order chi connectivity index (χ0) is 10.3. The standard InChI is InChI=1S/C7H8O2.CH3NO2/c1-2-6(8)7-4-3-5-9-7;1-2(3)4/h3-5H,2H2,1H3;1H3. The molecular weight excluding hydrogens is 174 g/mol. The molecule has 0 aliphatic rings. The van der Waals surface area contributed by atoms with Gasteiger partial charge in [0.25, 0.3) is 0 Å². The number of Topliss-reactive ketones (excluding diaryl/α,β-unsaturated/α-hetero) is 1. The van der Waals surface area contributed by atoms with Crippen molar-refractivity contribution in [2.45, 2.75) is 13.3 Å². The Bertz CT molecular complexity index is 262. The van der Waals surface area contributed by atoms with Gasteiger partial charge < -0.3 is 4.42 Å². The summed E-state index contributed by atoms with van der Waals surface area (Å²) in [5.41, 5.74) is 0. The van der Waals surface area contributed by atoms with Crippen LogP contribution in [0.25, 0.3) is 0 Å². The summed E-state index contributed by atoms with van der Waals surface area (Å²) >= 11 is 0. The number of furan rings is 1. The number of ketones is 1. The van der Waals surface area contributed by atoms with E-state index in [-0.39, 0.29) is 5.78 Å². The van der Waals surface area contributed by atoms with Crippen molar-refractivity contribution in [3.05, 3.63) is 34.3 Å². The van der Waals surface area contributed by atoms with Gasteiger partial charge in [-0.25, -0.2) is 0 Å². The molecule has 0 aliphatic heterocycles. The second kappa shape index (κ2) is 5.93. The SMILES string of the molecule is CCC(=O)c1ccco1.C[N+](=O)[O-]. The number of nitro groups is 1. The molecule has 5 nitrogen and oxygen atoms in total. The van der Waals surface area contributed by atoms with E-state index in [9.17, 15) is 4.79 Å². The van der Waals surface area contributed by atoms with Gasteiger partial charge in [-0.3, -0.25) is 14.9 Å². The Morgan fingerprint density at radius 3 is 2.54 bits per heavy atom. The maximum Gasteiger partial charge on any atom is 0.197 e. The van der Waals surface area contributed by atoms with Crippen molar-refractivity contribution in [3.63, 3.8) is 0 Å². The van der Waals surface area contributed by atoms with Crippen LogP contribution in [-0.4, -0.2) is 17.8 Å². The lowest BCUT2D eigenvalue weighted by Gasteiger charge is -1.86. The van der Waals surface area contributed by atoms with E-state index in [2.05, 4.69) is 0 Å². The molecule has 0 radical (unpaired) electrons. The monoisotopic (exact) mass is 185 g/mol. The summed E-state index contributed by atoms with van der Waals surface area (Å²) in [6, 6.07) is 3.38. The van der Waals surface area contributed by atoms with Crippen molar-refractivity contribution in [1.29, 1.82) is 0 Å². The number of hydrogen-bond donors (Lipinski definition) is 0. The number of hydrogen-bond acceptors (Lipinski definition) is 4. The average Bonchev–Trinajstić information content (AvgIpc) is 2.54. The van der Waals surface area contributed by atoms with Gasteiger partial charge in [0.1, 0.15) is 0 Å². The van der Waals surface area contributed by atoms with E-state index in [0.717, 1.165) is 7.05 Å². The van der Waals surface area contributed by atoms with Gasteiger partial charge in [0, 0.05) is 11.3 Å². The molecule has 72 valence electrons. The third kappa shape index (κ3) is 5.60. The molecule has 0 atom stereocenters. The van der Waals surface area contributed by atoms with Gasteiger partial charge in [0.05, 0.1) is 6.26 Å². The molecule has 0 saturated carbocycles. The molecule has 0 N–H and O–H groups in total. The Morgan fingerprint density at radius 1 is 1.69 bits per heavy atom. The van der Waals surface area contributed by atoms with Gasteiger partial charge in [-0.15, -0.1) is 0 Å². The van der Waals surface area contributed by atoms with Crippen LogP contribution in [0.1, 0.15) is 23.9 Å². The first-order chi connectivity index (χ1) is 6.07. The molecule has 0 amide bonds. The lowest BCUT2D eigenvalue weighted by Crippen LogP contribution is -1.91. The number of carbonyl (C=O) groups is 1. The largest absolute Gasteiger partial charge is 0.461 e. The first-order valence-corrected chi connectivity index (χ1v) is 3.72. The van der Waals surface area contributed by atoms with Crippen molar-refractivity contribution in [2.75, 3.05) is 7.05 Å². The molecule has 0 unspecified atom stereocenters. The lowest BCUT2D eigenvalue weighted by atomic mass is 10.2. The summed E-state index contributed by atoms with van der Waals surface area (Å²) in [5, 5.41) is 8.81. The molecule has 0 fully saturated rings. The van der Waals surface area contributed by atoms with Gasteiger partial charge in [-0.2, -0.15) is 0 Å². The molecule has 1 aromatic heterocycles. The fourth-order valence-electron chi connectivity index (χ4n) is 0.611. The molecule has 1 rings (SSSR count). The summed E-state index contributed by atoms with van der Waals surface area (Å²) in [5.74, 6) is 0.512. The molecular formula is C8H11NO4. The van der Waals surface area contributed by atoms with Crippen molar-refractivity contribution in [3.8, 4) is 0 Å². The predicted octanol–water partition coefficient (Wildman–Crippen LogP) is 1.77. The molecule has 0 saturated heterocycles. The molecule has 0 spiro atoms. The zero-order valence-electron chi connectivity index (χ0n) is 7.52. The van der Waals surface area contributed by atoms with Crippen molar-refractivity contribution in [1.82, 2.24) is 0 Å². The first kappa shape index (κ1) is 11.4. The highest BCUT2D eigenvalue weighted by atomic mass is 16.6. The number of carbonyl (C=O) groups excluding carboxylic acids is 1. The predicted molar refractivity (Wildman–Crippen MR) is 46.2 cm³/mol. The van der Waals surface area contributed by atoms with Crippen LogP contribution < -0.4 is 0 Å². The molecule has 1 heterocycles. The van der Waals surface area contributed by atoms with Crippen molar-refractivity contribution < 1.29 is 14.1 Å². The van der Waals surface area contributed by atoms with Gasteiger partial charge in [-0.05, 0) is 12.1 Å². The summed E-state index contributed by atoms with van der Waals surface area (Å²) in [6.07, 6.45) is 2.01. The lowest BCUT2D eigenvalue weighted by molar-refractivity contribution is -0.445. The molecule has 0 aromatic carbocycles. The van der Waals surface area contributed by atoms with Crippen LogP contribution in [0.4, 0.5) is 0 Å². The summed E-state index contributed by atoms with van der Waals surface area (Å²) in [6.45, 7) is 1.81. The van der Waals surface area contributed by atoms with Crippen LogP contribution in [0.5, 0.6) is 0 Å². The van der Waals surface area contributed by atoms with Crippen LogP contribution in [-0.2, 0) is 0 Å². The minimum atomic E-state index is -0.500. The fourth-order valence-corrected chi connectivity index (χ4v) is 0.611. The molecule has 0 bridgehead atoms. The van der Waals surface area contributed by atoms with Gasteiger partial charge in [0.15, 0.2) is 18.6 Å². The summed E-state index contributed by atoms with van der Waals surface area (Å²) in [7, 11) is 0.889. The average molecular weight is 185 g/mol. The van der Waals surface area contributed by atoms with Gasteiger partial charge in [0.2, 0.25) is 0 Å². The van der Waals surface area contributed by atoms with E-state index in [4.69, 9.17) is 14.5 Å². The van der Waals surface area contributed by atoms with Gasteiger partial charge >= 0.3 is 0 Å². The molecule has 1 aromatic rings. The second-order valence-corrected chi connectivity index (χ2v) is 2.19. The second-order valence-electron chi connectivity index (χ2n) is 2.19. The maximum absolute atomic E-state index is 10.8. The Morgan fingerprint density at radius 2 is 2.23 bits per heavy atom. The van der Waals surface area contributed by atoms with E-state index in [0.29, 0.717) is 12.2 Å². The van der Waals surface area contributed by atoms with E-state index < -0.39 is 4.92 Å². The Kier molecular flexibility index (Phi) is 5.18. The number of nitrogens with zero attached hydrogens (tertiary/aromatic N) is 1. The molecule has 5 heteroatoms. The van der Waals surface area contributed by atoms with Crippen LogP contribution in [0.3, 0.4) is 0 Å². The van der Waals surface area contributed by atoms with E-state index in [1.54, 1.807) is 12.1 Å². The van der Waals surface area contributed by atoms with Crippen molar-refractivity contribution >= 4 is 5.78 Å². The first-order valence-electron chi connectivity index (χ1n) is 3.72. The van der Waals surface area contributed by atoms with Crippen LogP contribution in [0.15, 0.2) is 22.8 Å². The normalized spacial score (nSPS) is 8.46. The van der Waals surface area contributed by atoms with E-state index >= 15 is 0 Å². The van der Waals surface area contributed by atoms with Crippen LogP contribution >= 0.6 is 0 Å². The maximum atomic E-state index is 10.8. The Balaban J connectivity index is 0.000000310. The minimum Gasteiger partial charge on any atom is -0.461 e. The quantitative estimate of drug-likeness (QED) is 0.399. The fraction of sp³-hybridized carbons (Fsp3) is 0.375. The molecule has 13 heavy (non-hydrogen) atoms. The van der Waals surface area contributed by atoms with Crippen LogP contribution in [0, 0.1) is 10.1 Å². The summed E-state index contributed by atoms with van der Waals surface area (Å²) in [4.78, 5) is 19.1. The zero-order valence-corrected chi connectivity index (χ0v) is 7.52. The van der Waals surface area contributed by atoms with Gasteiger partial charge in [-0.1, -0.05) is 6.92 Å². The van der Waals surface area contributed by atoms with E-state index in [1.165, 1.54) is 6.26 Å². The molecule has 0 aliphatic carbocycles. The smallest absolute Gasteiger partial charge is 0.197 e. The highest BCUT2D eigenvalue weighted by Crippen LogP contribution is 2.02. The highest BCUT2D eigenvalue weighted by molar-refractivity contribution is 5.93. The van der Waals surface area contributed by atoms with Crippen molar-refractivity contribution in [2.24, 2.45) is 0 Å².